The van der Waals surface area contributed by atoms with E-state index < -0.39 is 10.0 Å². The number of nitrogens with one attached hydrogen (secondary N) is 2. The number of anilines is 3. The summed E-state index contributed by atoms with van der Waals surface area (Å²) in [5.41, 5.74) is 1.45. The lowest BCUT2D eigenvalue weighted by molar-refractivity contribution is -0.116. The van der Waals surface area contributed by atoms with Gasteiger partial charge in [-0.25, -0.2) is 13.1 Å². The summed E-state index contributed by atoms with van der Waals surface area (Å²) in [4.78, 5) is 27.9. The van der Waals surface area contributed by atoms with Crippen molar-refractivity contribution in [3.8, 4) is 0 Å². The number of fused-ring (bicyclic) bond motifs is 1. The van der Waals surface area contributed by atoms with Gasteiger partial charge in [-0.3, -0.25) is 4.79 Å². The van der Waals surface area contributed by atoms with Crippen LogP contribution >= 0.6 is 0 Å². The van der Waals surface area contributed by atoms with Gasteiger partial charge in [0.05, 0.1) is 11.4 Å². The molecule has 0 radical (unpaired) electrons. The van der Waals surface area contributed by atoms with E-state index in [9.17, 15) is 13.2 Å². The number of benzene rings is 1. The molecule has 1 aliphatic heterocycles. The molecule has 1 amide bonds. The van der Waals surface area contributed by atoms with E-state index in [2.05, 4.69) is 25.0 Å². The lowest BCUT2D eigenvalue weighted by Crippen LogP contribution is -2.27. The van der Waals surface area contributed by atoms with Crippen LogP contribution in [-0.2, 0) is 27.8 Å². The first-order valence-electron chi connectivity index (χ1n) is 8.68. The highest BCUT2D eigenvalue weighted by molar-refractivity contribution is 7.89. The number of hydrogen-bond acceptors (Lipinski definition) is 8. The molecule has 0 unspecified atom stereocenters. The average molecular weight is 405 g/mol. The predicted octanol–water partition coefficient (Wildman–Crippen LogP) is 0.367. The molecule has 0 spiro atoms. The van der Waals surface area contributed by atoms with Crippen molar-refractivity contribution in [1.29, 1.82) is 0 Å². The van der Waals surface area contributed by atoms with Crippen LogP contribution < -0.4 is 19.8 Å². The van der Waals surface area contributed by atoms with Gasteiger partial charge in [-0.15, -0.1) is 0 Å². The van der Waals surface area contributed by atoms with Crippen LogP contribution in [0.15, 0.2) is 23.1 Å². The van der Waals surface area contributed by atoms with Crippen molar-refractivity contribution < 1.29 is 13.2 Å². The third kappa shape index (κ3) is 4.37. The van der Waals surface area contributed by atoms with Crippen LogP contribution in [0.1, 0.15) is 17.8 Å². The van der Waals surface area contributed by atoms with Gasteiger partial charge in [0.25, 0.3) is 0 Å². The molecule has 0 bridgehead atoms. The number of hydrogen-bond donors (Lipinski definition) is 2. The van der Waals surface area contributed by atoms with Crippen molar-refractivity contribution in [2.45, 2.75) is 24.3 Å². The van der Waals surface area contributed by atoms with Gasteiger partial charge >= 0.3 is 0 Å². The summed E-state index contributed by atoms with van der Waals surface area (Å²) in [5.74, 6) is 1.13. The Morgan fingerprint density at radius 1 is 1.04 bits per heavy atom. The minimum absolute atomic E-state index is 0.0653. The van der Waals surface area contributed by atoms with Crippen molar-refractivity contribution in [2.75, 3.05) is 43.3 Å². The first kappa shape index (κ1) is 20.0. The molecular weight excluding hydrogens is 382 g/mol. The number of carbonyl (C=O) groups is 1. The van der Waals surface area contributed by atoms with E-state index in [1.165, 1.54) is 6.07 Å². The maximum Gasteiger partial charge on any atom is 0.240 e. The lowest BCUT2D eigenvalue weighted by Gasteiger charge is -2.18. The SMILES string of the molecule is CN(C)c1nc(CNS(=O)(=O)c2ccc3c(c2)CCC(=O)N3)nc(N(C)C)n1. The predicted molar refractivity (Wildman–Crippen MR) is 106 cm³/mol. The minimum Gasteiger partial charge on any atom is -0.347 e. The molecule has 1 aliphatic rings. The van der Waals surface area contributed by atoms with Crippen LogP contribution in [-0.4, -0.2) is 57.5 Å². The standard InChI is InChI=1S/C17H23N7O3S/c1-23(2)16-20-14(21-17(22-16)24(3)4)10-18-28(26,27)12-6-7-13-11(9-12)5-8-15(25)19-13/h6-7,9,18H,5,8,10H2,1-4H3,(H,19,25). The van der Waals surface area contributed by atoms with Gasteiger partial charge in [0.1, 0.15) is 0 Å². The Morgan fingerprint density at radius 3 is 2.29 bits per heavy atom. The Labute approximate surface area is 164 Å². The zero-order valence-corrected chi connectivity index (χ0v) is 17.0. The normalized spacial score (nSPS) is 13.6. The van der Waals surface area contributed by atoms with Crippen LogP contribution in [0, 0.1) is 0 Å². The number of carbonyl (C=O) groups excluding carboxylic acids is 1. The van der Waals surface area contributed by atoms with E-state index in [1.54, 1.807) is 50.1 Å². The molecule has 150 valence electrons. The smallest absolute Gasteiger partial charge is 0.240 e. The minimum atomic E-state index is -3.76. The Hall–Kier alpha value is -2.79. The Balaban J connectivity index is 1.81. The molecule has 0 aliphatic carbocycles. The maximum absolute atomic E-state index is 12.7. The number of amides is 1. The van der Waals surface area contributed by atoms with Crippen LogP contribution in [0.2, 0.25) is 0 Å². The number of nitrogens with zero attached hydrogens (tertiary/aromatic N) is 5. The Kier molecular flexibility index (Phi) is 5.47. The fourth-order valence-electron chi connectivity index (χ4n) is 2.64. The fourth-order valence-corrected chi connectivity index (χ4v) is 3.67. The molecule has 0 saturated heterocycles. The molecule has 10 nitrogen and oxygen atoms in total. The monoisotopic (exact) mass is 405 g/mol. The highest BCUT2D eigenvalue weighted by atomic mass is 32.2. The molecule has 0 saturated carbocycles. The quantitative estimate of drug-likeness (QED) is 0.707. The second kappa shape index (κ2) is 7.68. The third-order valence-corrected chi connectivity index (χ3v) is 5.56. The first-order chi connectivity index (χ1) is 13.2. The zero-order valence-electron chi connectivity index (χ0n) is 16.2. The summed E-state index contributed by atoms with van der Waals surface area (Å²) < 4.78 is 27.9. The number of aromatic nitrogens is 3. The van der Waals surface area contributed by atoms with E-state index in [-0.39, 0.29) is 17.3 Å². The second-order valence-corrected chi connectivity index (χ2v) is 8.60. The first-order valence-corrected chi connectivity index (χ1v) is 10.2. The summed E-state index contributed by atoms with van der Waals surface area (Å²) in [6, 6.07) is 4.66. The number of sulfonamides is 1. The highest BCUT2D eigenvalue weighted by Crippen LogP contribution is 2.25. The molecule has 0 fully saturated rings. The van der Waals surface area contributed by atoms with Crippen molar-refractivity contribution in [1.82, 2.24) is 19.7 Å². The van der Waals surface area contributed by atoms with E-state index >= 15 is 0 Å². The summed E-state index contributed by atoms with van der Waals surface area (Å²) in [5, 5.41) is 2.74. The molecule has 28 heavy (non-hydrogen) atoms. The largest absolute Gasteiger partial charge is 0.347 e. The molecule has 11 heteroatoms. The topological polar surface area (TPSA) is 120 Å². The second-order valence-electron chi connectivity index (χ2n) is 6.83. The highest BCUT2D eigenvalue weighted by Gasteiger charge is 2.20. The van der Waals surface area contributed by atoms with Crippen molar-refractivity contribution in [2.24, 2.45) is 0 Å². The van der Waals surface area contributed by atoms with Crippen LogP contribution in [0.3, 0.4) is 0 Å². The molecule has 2 N–H and O–H groups in total. The van der Waals surface area contributed by atoms with Crippen molar-refractivity contribution in [3.63, 3.8) is 0 Å². The van der Waals surface area contributed by atoms with Crippen LogP contribution in [0.5, 0.6) is 0 Å². The third-order valence-electron chi connectivity index (χ3n) is 4.16. The van der Waals surface area contributed by atoms with Gasteiger partial charge < -0.3 is 15.1 Å². The summed E-state index contributed by atoms with van der Waals surface area (Å²) >= 11 is 0. The molecule has 1 aromatic heterocycles. The van der Waals surface area contributed by atoms with Gasteiger partial charge in [0, 0.05) is 40.3 Å². The molecule has 0 atom stereocenters. The van der Waals surface area contributed by atoms with Gasteiger partial charge in [-0.05, 0) is 30.2 Å². The number of aryl methyl sites for hydroxylation is 1. The molecule has 3 rings (SSSR count). The van der Waals surface area contributed by atoms with E-state index in [1.807, 2.05) is 0 Å². The number of rotatable bonds is 6. The fraction of sp³-hybridized carbons (Fsp3) is 0.412. The van der Waals surface area contributed by atoms with Gasteiger partial charge in [0.2, 0.25) is 27.8 Å². The summed E-state index contributed by atoms with van der Waals surface area (Å²) in [6.45, 7) is -0.0691. The van der Waals surface area contributed by atoms with Gasteiger partial charge in [0.15, 0.2) is 5.82 Å². The molecule has 2 heterocycles. The van der Waals surface area contributed by atoms with Crippen molar-refractivity contribution >= 4 is 33.5 Å². The summed E-state index contributed by atoms with van der Waals surface area (Å²) in [6.07, 6.45) is 0.853. The van der Waals surface area contributed by atoms with E-state index in [0.717, 1.165) is 5.56 Å². The van der Waals surface area contributed by atoms with E-state index in [4.69, 9.17) is 0 Å². The van der Waals surface area contributed by atoms with Crippen molar-refractivity contribution in [3.05, 3.63) is 29.6 Å². The lowest BCUT2D eigenvalue weighted by atomic mass is 10.0. The molecular formula is C17H23N7O3S. The van der Waals surface area contributed by atoms with Gasteiger partial charge in [-0.1, -0.05) is 0 Å². The Morgan fingerprint density at radius 2 is 1.68 bits per heavy atom. The van der Waals surface area contributed by atoms with Crippen LogP contribution in [0.4, 0.5) is 17.6 Å². The zero-order chi connectivity index (χ0) is 20.5. The summed E-state index contributed by atoms with van der Waals surface area (Å²) in [7, 11) is 3.44. The van der Waals surface area contributed by atoms with Crippen LogP contribution in [0.25, 0.3) is 0 Å². The average Bonchev–Trinajstić information content (AvgIpc) is 2.65. The maximum atomic E-state index is 12.7. The molecule has 2 aromatic rings. The molecule has 1 aromatic carbocycles. The van der Waals surface area contributed by atoms with E-state index in [0.29, 0.717) is 36.3 Å². The Bertz CT molecular complexity index is 980. The van der Waals surface area contributed by atoms with Gasteiger partial charge in [-0.2, -0.15) is 15.0 Å².